The molecule has 0 spiro atoms. The Labute approximate surface area is 185 Å². The van der Waals surface area contributed by atoms with Crippen molar-refractivity contribution in [1.82, 2.24) is 5.32 Å². The fourth-order valence-corrected chi connectivity index (χ4v) is 3.65. The molecule has 0 saturated carbocycles. The Hall–Kier alpha value is -3.34. The first-order valence-electron chi connectivity index (χ1n) is 8.82. The van der Waals surface area contributed by atoms with Gasteiger partial charge >= 0.3 is 6.03 Å². The molecule has 0 aromatic heterocycles. The third-order valence-electron chi connectivity index (χ3n) is 4.34. The van der Waals surface area contributed by atoms with Gasteiger partial charge < -0.3 is 14.2 Å². The molecule has 0 bridgehead atoms. The van der Waals surface area contributed by atoms with Crippen LogP contribution in [-0.4, -0.2) is 31.2 Å². The molecule has 30 heavy (non-hydrogen) atoms. The maximum Gasteiger partial charge on any atom is 0.335 e. The van der Waals surface area contributed by atoms with Gasteiger partial charge in [-0.15, -0.1) is 0 Å². The Morgan fingerprint density at radius 3 is 2.70 bits per heavy atom. The molecule has 2 aromatic carbocycles. The van der Waals surface area contributed by atoms with Crippen LogP contribution in [0.5, 0.6) is 17.2 Å². The van der Waals surface area contributed by atoms with E-state index in [2.05, 4.69) is 34.5 Å². The number of anilines is 1. The van der Waals surface area contributed by atoms with E-state index in [1.165, 1.54) is 12.1 Å². The number of imide groups is 2. The molecule has 2 aromatic rings. The summed E-state index contributed by atoms with van der Waals surface area (Å²) in [4.78, 5) is 38.6. The lowest BCUT2D eigenvalue weighted by Crippen LogP contribution is -2.54. The largest absolute Gasteiger partial charge is 0.488 e. The molecular weight excluding hydrogens is 503 g/mol. The van der Waals surface area contributed by atoms with Crippen molar-refractivity contribution in [3.05, 3.63) is 63.8 Å². The van der Waals surface area contributed by atoms with E-state index >= 15 is 0 Å². The quantitative estimate of drug-likeness (QED) is 0.283. The third-order valence-corrected chi connectivity index (χ3v) is 5.18. The zero-order valence-corrected chi connectivity index (χ0v) is 17.7. The van der Waals surface area contributed by atoms with Crippen molar-refractivity contribution in [3.63, 3.8) is 0 Å². The van der Waals surface area contributed by atoms with Gasteiger partial charge in [-0.05, 0) is 58.5 Å². The summed E-state index contributed by atoms with van der Waals surface area (Å²) in [6, 6.07) is 9.06. The van der Waals surface area contributed by atoms with Crippen LogP contribution in [0.2, 0.25) is 0 Å². The SMILES string of the molecule is C=CCOc1ccc(/C=C2\C(=O)NC(=O)N(c3ccc4c(c3)OCO4)C2=O)cc1I. The number of nitrogens with zero attached hydrogens (tertiary/aromatic N) is 1. The minimum absolute atomic E-state index is 0.0632. The zero-order chi connectivity index (χ0) is 21.3. The number of benzene rings is 2. The molecule has 152 valence electrons. The highest BCUT2D eigenvalue weighted by Crippen LogP contribution is 2.36. The molecule has 0 atom stereocenters. The van der Waals surface area contributed by atoms with Gasteiger partial charge in [-0.2, -0.15) is 0 Å². The lowest BCUT2D eigenvalue weighted by atomic mass is 10.1. The summed E-state index contributed by atoms with van der Waals surface area (Å²) in [7, 11) is 0. The van der Waals surface area contributed by atoms with Gasteiger partial charge in [0.1, 0.15) is 17.9 Å². The second-order valence-corrected chi connectivity index (χ2v) is 7.45. The number of carbonyl (C=O) groups excluding carboxylic acids is 3. The van der Waals surface area contributed by atoms with Crippen LogP contribution in [0.3, 0.4) is 0 Å². The summed E-state index contributed by atoms with van der Waals surface area (Å²) in [6.45, 7) is 4.04. The molecule has 8 nitrogen and oxygen atoms in total. The second-order valence-electron chi connectivity index (χ2n) is 6.28. The number of nitrogens with one attached hydrogen (secondary N) is 1. The standard InChI is InChI=1S/C21H15IN2O6/c1-2-7-28-16-5-3-12(9-15(16)22)8-14-19(25)23-21(27)24(20(14)26)13-4-6-17-18(10-13)30-11-29-17/h2-6,8-10H,1,7,11H2,(H,23,25,27)/b14-8+. The smallest absolute Gasteiger partial charge is 0.335 e. The number of rotatable bonds is 5. The molecule has 2 heterocycles. The molecule has 4 amide bonds. The summed E-state index contributed by atoms with van der Waals surface area (Å²) < 4.78 is 16.9. The van der Waals surface area contributed by atoms with Gasteiger partial charge in [0.25, 0.3) is 11.8 Å². The fraction of sp³-hybridized carbons (Fsp3) is 0.0952. The minimum Gasteiger partial charge on any atom is -0.488 e. The van der Waals surface area contributed by atoms with E-state index in [1.807, 2.05) is 0 Å². The number of ether oxygens (including phenoxy) is 3. The number of amides is 4. The van der Waals surface area contributed by atoms with Crippen molar-refractivity contribution in [1.29, 1.82) is 0 Å². The van der Waals surface area contributed by atoms with Gasteiger partial charge in [0.15, 0.2) is 11.5 Å². The average Bonchev–Trinajstić information content (AvgIpc) is 3.18. The van der Waals surface area contributed by atoms with Gasteiger partial charge in [-0.3, -0.25) is 14.9 Å². The monoisotopic (exact) mass is 518 g/mol. The topological polar surface area (TPSA) is 94.2 Å². The maximum atomic E-state index is 13.0. The second kappa shape index (κ2) is 8.19. The molecule has 4 rings (SSSR count). The number of fused-ring (bicyclic) bond motifs is 1. The van der Waals surface area contributed by atoms with Crippen molar-refractivity contribution in [2.75, 3.05) is 18.3 Å². The Balaban J connectivity index is 1.65. The molecule has 1 fully saturated rings. The van der Waals surface area contributed by atoms with Crippen LogP contribution in [0, 0.1) is 3.57 Å². The van der Waals surface area contributed by atoms with Gasteiger partial charge in [0, 0.05) is 6.07 Å². The fourth-order valence-electron chi connectivity index (χ4n) is 2.96. The Morgan fingerprint density at radius 1 is 1.13 bits per heavy atom. The Kier molecular flexibility index (Phi) is 5.44. The first-order chi connectivity index (χ1) is 14.5. The zero-order valence-electron chi connectivity index (χ0n) is 15.5. The van der Waals surface area contributed by atoms with Crippen molar-refractivity contribution < 1.29 is 28.6 Å². The summed E-state index contributed by atoms with van der Waals surface area (Å²) in [5, 5.41) is 2.20. The van der Waals surface area contributed by atoms with Crippen LogP contribution in [0.4, 0.5) is 10.5 Å². The summed E-state index contributed by atoms with van der Waals surface area (Å²) >= 11 is 2.10. The highest BCUT2D eigenvalue weighted by molar-refractivity contribution is 14.1. The van der Waals surface area contributed by atoms with E-state index in [-0.39, 0.29) is 18.1 Å². The summed E-state index contributed by atoms with van der Waals surface area (Å²) in [5.74, 6) is 0.104. The van der Waals surface area contributed by atoms with Crippen LogP contribution in [0.15, 0.2) is 54.6 Å². The predicted molar refractivity (Wildman–Crippen MR) is 116 cm³/mol. The van der Waals surface area contributed by atoms with Crippen molar-refractivity contribution in [2.24, 2.45) is 0 Å². The first-order valence-corrected chi connectivity index (χ1v) is 9.90. The number of barbiturate groups is 1. The van der Waals surface area contributed by atoms with E-state index in [4.69, 9.17) is 14.2 Å². The number of urea groups is 1. The van der Waals surface area contributed by atoms with Crippen LogP contribution < -0.4 is 24.4 Å². The molecule has 9 heteroatoms. The molecule has 0 unspecified atom stereocenters. The van der Waals surface area contributed by atoms with Crippen molar-refractivity contribution in [3.8, 4) is 17.2 Å². The van der Waals surface area contributed by atoms with Crippen LogP contribution in [0.1, 0.15) is 5.56 Å². The molecule has 1 saturated heterocycles. The highest BCUT2D eigenvalue weighted by Gasteiger charge is 2.37. The number of hydrogen-bond acceptors (Lipinski definition) is 6. The predicted octanol–water partition coefficient (Wildman–Crippen LogP) is 3.25. The Bertz CT molecular complexity index is 1110. The van der Waals surface area contributed by atoms with E-state index in [0.29, 0.717) is 29.4 Å². The lowest BCUT2D eigenvalue weighted by molar-refractivity contribution is -0.122. The average molecular weight is 518 g/mol. The molecule has 1 N–H and O–H groups in total. The molecule has 0 aliphatic carbocycles. The van der Waals surface area contributed by atoms with E-state index in [0.717, 1.165) is 8.47 Å². The van der Waals surface area contributed by atoms with Gasteiger partial charge in [-0.1, -0.05) is 18.7 Å². The minimum atomic E-state index is -0.830. The van der Waals surface area contributed by atoms with Crippen molar-refractivity contribution >= 4 is 52.2 Å². The summed E-state index contributed by atoms with van der Waals surface area (Å²) in [5.41, 5.74) is 0.717. The van der Waals surface area contributed by atoms with Gasteiger partial charge in [0.05, 0.1) is 9.26 Å². The summed E-state index contributed by atoms with van der Waals surface area (Å²) in [6.07, 6.45) is 3.07. The highest BCUT2D eigenvalue weighted by atomic mass is 127. The number of hydrogen-bond donors (Lipinski definition) is 1. The van der Waals surface area contributed by atoms with Crippen LogP contribution >= 0.6 is 22.6 Å². The maximum absolute atomic E-state index is 13.0. The molecular formula is C21H15IN2O6. The Morgan fingerprint density at radius 2 is 1.93 bits per heavy atom. The van der Waals surface area contributed by atoms with E-state index < -0.39 is 17.8 Å². The molecule has 2 aliphatic rings. The van der Waals surface area contributed by atoms with Gasteiger partial charge in [0.2, 0.25) is 6.79 Å². The number of carbonyl (C=O) groups is 3. The lowest BCUT2D eigenvalue weighted by Gasteiger charge is -2.26. The third kappa shape index (κ3) is 3.75. The molecule has 2 aliphatic heterocycles. The molecule has 0 radical (unpaired) electrons. The van der Waals surface area contributed by atoms with Crippen LogP contribution in [0.25, 0.3) is 6.08 Å². The first kappa shape index (κ1) is 20.0. The van der Waals surface area contributed by atoms with Gasteiger partial charge in [-0.25, -0.2) is 9.69 Å². The van der Waals surface area contributed by atoms with Crippen LogP contribution in [-0.2, 0) is 9.59 Å². The normalized spacial score (nSPS) is 16.6. The van der Waals surface area contributed by atoms with Crippen molar-refractivity contribution in [2.45, 2.75) is 0 Å². The van der Waals surface area contributed by atoms with E-state index in [9.17, 15) is 14.4 Å². The van der Waals surface area contributed by atoms with E-state index in [1.54, 1.807) is 36.4 Å². The number of halogens is 1.